The van der Waals surface area contributed by atoms with Gasteiger partial charge in [0, 0.05) is 46.7 Å². The summed E-state index contributed by atoms with van der Waals surface area (Å²) in [4.78, 5) is 24.3. The Morgan fingerprint density at radius 1 is 1.47 bits per heavy atom. The lowest BCUT2D eigenvalue weighted by Gasteiger charge is -2.24. The molecule has 0 aromatic heterocycles. The Morgan fingerprint density at radius 3 is 2.53 bits per heavy atom. The van der Waals surface area contributed by atoms with Crippen LogP contribution in [0.3, 0.4) is 0 Å². The number of carbonyl (C=O) groups is 2. The van der Waals surface area contributed by atoms with Crippen LogP contribution in [0, 0.1) is 0 Å². The molecule has 1 aliphatic rings. The monoisotopic (exact) mass is 242 g/mol. The van der Waals surface area contributed by atoms with Crippen LogP contribution in [0.5, 0.6) is 0 Å². The molecule has 1 rings (SSSR count). The second kappa shape index (κ2) is 7.87. The van der Waals surface area contributed by atoms with Crippen LogP contribution in [0.15, 0.2) is 11.8 Å². The van der Waals surface area contributed by atoms with E-state index >= 15 is 0 Å². The van der Waals surface area contributed by atoms with Gasteiger partial charge >= 0.3 is 0 Å². The van der Waals surface area contributed by atoms with Crippen molar-refractivity contribution in [2.75, 3.05) is 14.1 Å². The van der Waals surface area contributed by atoms with Gasteiger partial charge in [-0.15, -0.1) is 0 Å². The summed E-state index contributed by atoms with van der Waals surface area (Å²) in [5.74, 6) is 0.170. The fourth-order valence-electron chi connectivity index (χ4n) is 1.79. The molecule has 4 nitrogen and oxygen atoms in total. The highest BCUT2D eigenvalue weighted by atomic mass is 16.1. The molecule has 0 saturated heterocycles. The van der Waals surface area contributed by atoms with Crippen molar-refractivity contribution in [1.29, 1.82) is 0 Å². The SMILES string of the molecule is CC.CC(=O)NC1CCC(=O)/C(=C/N(C)C)C1.[HH]. The van der Waals surface area contributed by atoms with Crippen LogP contribution in [0.4, 0.5) is 0 Å². The molecule has 1 N–H and O–H groups in total. The lowest BCUT2D eigenvalue weighted by Crippen LogP contribution is -2.37. The molecule has 0 radical (unpaired) electrons. The van der Waals surface area contributed by atoms with Crippen LogP contribution >= 0.6 is 0 Å². The van der Waals surface area contributed by atoms with Gasteiger partial charge in [0.05, 0.1) is 0 Å². The van der Waals surface area contributed by atoms with E-state index in [4.69, 9.17) is 0 Å². The summed E-state index contributed by atoms with van der Waals surface area (Å²) in [6, 6.07) is 0.117. The van der Waals surface area contributed by atoms with E-state index in [0.717, 1.165) is 12.0 Å². The first-order valence-electron chi connectivity index (χ1n) is 6.16. The standard InChI is InChI=1S/C11H18N2O2.C2H6.H2/c1-8(14)12-10-4-5-11(15)9(6-10)7-13(2)3;1-2;/h7,10H,4-6H2,1-3H3,(H,12,14);1-2H3;1H/b9-7+;;. The minimum Gasteiger partial charge on any atom is -0.383 e. The molecular weight excluding hydrogens is 216 g/mol. The molecule has 0 bridgehead atoms. The first-order chi connectivity index (χ1) is 7.99. The molecule has 4 heteroatoms. The van der Waals surface area contributed by atoms with Crippen LogP contribution in [0.2, 0.25) is 0 Å². The molecule has 1 amide bonds. The summed E-state index contributed by atoms with van der Waals surface area (Å²) >= 11 is 0. The highest BCUT2D eigenvalue weighted by molar-refractivity contribution is 5.96. The molecule has 0 aliphatic heterocycles. The van der Waals surface area contributed by atoms with Crippen molar-refractivity contribution in [2.24, 2.45) is 0 Å². The molecule has 1 saturated carbocycles. The largest absolute Gasteiger partial charge is 0.383 e. The number of hydrogen-bond acceptors (Lipinski definition) is 3. The number of Topliss-reactive ketones (excluding diaryl/α,β-unsaturated/α-hetero) is 1. The number of carbonyl (C=O) groups excluding carboxylic acids is 2. The third kappa shape index (κ3) is 6.09. The predicted molar refractivity (Wildman–Crippen MR) is 71.7 cm³/mol. The summed E-state index contributed by atoms with van der Waals surface area (Å²) in [7, 11) is 3.78. The first-order valence-corrected chi connectivity index (χ1v) is 6.16. The Bertz CT molecular complexity index is 301. The van der Waals surface area contributed by atoms with Gasteiger partial charge < -0.3 is 10.2 Å². The summed E-state index contributed by atoms with van der Waals surface area (Å²) < 4.78 is 0. The first kappa shape index (κ1) is 15.7. The van der Waals surface area contributed by atoms with Crippen LogP contribution in [-0.2, 0) is 9.59 Å². The molecule has 0 spiro atoms. The Morgan fingerprint density at radius 2 is 2.06 bits per heavy atom. The van der Waals surface area contributed by atoms with Crippen molar-refractivity contribution in [3.8, 4) is 0 Å². The van der Waals surface area contributed by atoms with E-state index in [9.17, 15) is 9.59 Å². The summed E-state index contributed by atoms with van der Waals surface area (Å²) in [5.41, 5.74) is 0.810. The van der Waals surface area contributed by atoms with Gasteiger partial charge in [-0.3, -0.25) is 9.59 Å². The maximum atomic E-state index is 11.6. The molecular formula is C13H26N2O2. The van der Waals surface area contributed by atoms with E-state index in [2.05, 4.69) is 5.32 Å². The summed E-state index contributed by atoms with van der Waals surface area (Å²) in [5, 5.41) is 2.85. The van der Waals surface area contributed by atoms with E-state index in [-0.39, 0.29) is 19.2 Å². The lowest BCUT2D eigenvalue weighted by atomic mass is 9.90. The van der Waals surface area contributed by atoms with E-state index in [1.54, 1.807) is 0 Å². The van der Waals surface area contributed by atoms with Crippen LogP contribution in [0.25, 0.3) is 0 Å². The van der Waals surface area contributed by atoms with Crippen LogP contribution in [0.1, 0.15) is 41.5 Å². The van der Waals surface area contributed by atoms with Gasteiger partial charge in [-0.25, -0.2) is 0 Å². The van der Waals surface area contributed by atoms with Gasteiger partial charge in [0.1, 0.15) is 0 Å². The molecule has 17 heavy (non-hydrogen) atoms. The minimum atomic E-state index is -0.0291. The molecule has 0 aromatic rings. The summed E-state index contributed by atoms with van der Waals surface area (Å²) in [6.45, 7) is 5.51. The second-order valence-electron chi connectivity index (χ2n) is 4.18. The zero-order valence-corrected chi connectivity index (χ0v) is 11.5. The molecule has 0 heterocycles. The van der Waals surface area contributed by atoms with Crippen LogP contribution in [-0.4, -0.2) is 36.7 Å². The van der Waals surface area contributed by atoms with Crippen molar-refractivity contribution in [3.05, 3.63) is 11.8 Å². The van der Waals surface area contributed by atoms with Crippen molar-refractivity contribution >= 4 is 11.7 Å². The quantitative estimate of drug-likeness (QED) is 0.753. The lowest BCUT2D eigenvalue weighted by molar-refractivity contribution is -0.121. The number of nitrogens with zero attached hydrogens (tertiary/aromatic N) is 1. The van der Waals surface area contributed by atoms with Crippen molar-refractivity contribution in [1.82, 2.24) is 10.2 Å². The van der Waals surface area contributed by atoms with E-state index in [1.807, 2.05) is 39.0 Å². The van der Waals surface area contributed by atoms with E-state index < -0.39 is 0 Å². The third-order valence-electron chi connectivity index (χ3n) is 2.37. The maximum Gasteiger partial charge on any atom is 0.217 e. The fourth-order valence-corrected chi connectivity index (χ4v) is 1.79. The molecule has 1 unspecified atom stereocenters. The van der Waals surface area contributed by atoms with Crippen molar-refractivity contribution < 1.29 is 11.0 Å². The highest BCUT2D eigenvalue weighted by Crippen LogP contribution is 2.20. The number of ketones is 1. The Kier molecular flexibility index (Phi) is 7.26. The molecule has 0 aromatic carbocycles. The Balaban J connectivity index is 0. The third-order valence-corrected chi connectivity index (χ3v) is 2.37. The predicted octanol–water partition coefficient (Wildman–Crippen LogP) is 1.96. The Labute approximate surface area is 106 Å². The van der Waals surface area contributed by atoms with Crippen LogP contribution < -0.4 is 5.32 Å². The van der Waals surface area contributed by atoms with Gasteiger partial charge in [0.25, 0.3) is 0 Å². The Hall–Kier alpha value is -1.32. The van der Waals surface area contributed by atoms with Crippen molar-refractivity contribution in [3.63, 3.8) is 0 Å². The van der Waals surface area contributed by atoms with Gasteiger partial charge in [0.2, 0.25) is 5.91 Å². The number of hydrogen-bond donors (Lipinski definition) is 1. The van der Waals surface area contributed by atoms with Gasteiger partial charge in [-0.05, 0) is 12.8 Å². The second-order valence-corrected chi connectivity index (χ2v) is 4.18. The minimum absolute atomic E-state index is 0. The van der Waals surface area contributed by atoms with Gasteiger partial charge in [-0.1, -0.05) is 13.8 Å². The smallest absolute Gasteiger partial charge is 0.217 e. The van der Waals surface area contributed by atoms with Crippen molar-refractivity contribution in [2.45, 2.75) is 46.1 Å². The number of nitrogens with one attached hydrogen (secondary N) is 1. The van der Waals surface area contributed by atoms with Gasteiger partial charge in [-0.2, -0.15) is 0 Å². The van der Waals surface area contributed by atoms with E-state index in [1.165, 1.54) is 6.92 Å². The zero-order valence-electron chi connectivity index (χ0n) is 11.5. The highest BCUT2D eigenvalue weighted by Gasteiger charge is 2.23. The number of rotatable bonds is 2. The molecule has 1 aliphatic carbocycles. The normalized spacial score (nSPS) is 21.6. The fraction of sp³-hybridized carbons (Fsp3) is 0.692. The average Bonchev–Trinajstić information content (AvgIpc) is 2.24. The molecule has 100 valence electrons. The molecule has 1 fully saturated rings. The maximum absolute atomic E-state index is 11.6. The summed E-state index contributed by atoms with van der Waals surface area (Å²) in [6.07, 6.45) is 3.78. The topological polar surface area (TPSA) is 49.4 Å². The molecule has 1 atom stereocenters. The zero-order chi connectivity index (χ0) is 13.4. The average molecular weight is 242 g/mol. The number of amides is 1. The van der Waals surface area contributed by atoms with E-state index in [0.29, 0.717) is 12.8 Å². The van der Waals surface area contributed by atoms with Gasteiger partial charge in [0.15, 0.2) is 5.78 Å².